The average Bonchev–Trinajstić information content (AvgIpc) is 3.14. The molecule has 6 N–H and O–H groups in total. The first-order valence-electron chi connectivity index (χ1n) is 9.31. The third-order valence-corrected chi connectivity index (χ3v) is 4.67. The van der Waals surface area contributed by atoms with Crippen molar-refractivity contribution in [2.24, 2.45) is 5.73 Å². The second-order valence-electron chi connectivity index (χ2n) is 6.25. The molecule has 0 bridgehead atoms. The summed E-state index contributed by atoms with van der Waals surface area (Å²) in [5.41, 5.74) is 8.97. The summed E-state index contributed by atoms with van der Waals surface area (Å²) in [4.78, 5) is 27.1. The fourth-order valence-corrected chi connectivity index (χ4v) is 3.28. The topological polar surface area (TPSA) is 155 Å². The number of rotatable bonds is 9. The van der Waals surface area contributed by atoms with Crippen LogP contribution in [-0.2, 0) is 40.6 Å². The van der Waals surface area contributed by atoms with Crippen molar-refractivity contribution in [2.75, 3.05) is 13.7 Å². The van der Waals surface area contributed by atoms with Crippen LogP contribution in [0.5, 0.6) is 0 Å². The lowest BCUT2D eigenvalue weighted by atomic mass is 9.90. The Balaban J connectivity index is 2.86. The number of H-pyrrole nitrogens is 1. The number of hydrogen-bond acceptors (Lipinski definition) is 8. The van der Waals surface area contributed by atoms with Crippen LogP contribution in [0.3, 0.4) is 0 Å². The van der Waals surface area contributed by atoms with Gasteiger partial charge in [-0.3, -0.25) is 0 Å². The molecule has 9 heteroatoms. The van der Waals surface area contributed by atoms with Crippen LogP contribution in [0.4, 0.5) is 0 Å². The molecule has 0 unspecified atom stereocenters. The smallest absolute Gasteiger partial charge is 0.355 e. The van der Waals surface area contributed by atoms with Crippen molar-refractivity contribution < 1.29 is 34.4 Å². The summed E-state index contributed by atoms with van der Waals surface area (Å²) in [5.74, 6) is -1.26. The molecule has 0 aliphatic heterocycles. The number of nitrogens with one attached hydrogen (secondary N) is 1. The molecule has 0 atom stereocenters. The van der Waals surface area contributed by atoms with E-state index in [1.54, 1.807) is 19.1 Å². The van der Waals surface area contributed by atoms with Crippen molar-refractivity contribution in [1.82, 2.24) is 4.98 Å². The van der Waals surface area contributed by atoms with Gasteiger partial charge in [0, 0.05) is 29.4 Å². The second kappa shape index (κ2) is 10.7. The van der Waals surface area contributed by atoms with Crippen LogP contribution < -0.4 is 5.73 Å². The summed E-state index contributed by atoms with van der Waals surface area (Å²) in [6, 6.07) is 3.27. The molecule has 0 fully saturated rings. The van der Waals surface area contributed by atoms with Gasteiger partial charge >= 0.3 is 11.9 Å². The fraction of sp³-hybridized carbons (Fsp3) is 0.333. The number of carbonyl (C=O) groups excluding carboxylic acids is 2. The fourth-order valence-electron chi connectivity index (χ4n) is 3.28. The predicted molar refractivity (Wildman–Crippen MR) is 109 cm³/mol. The maximum atomic E-state index is 12.5. The lowest BCUT2D eigenvalue weighted by molar-refractivity contribution is -0.134. The van der Waals surface area contributed by atoms with Crippen molar-refractivity contribution in [1.29, 1.82) is 0 Å². The molecule has 0 spiro atoms. The lowest BCUT2D eigenvalue weighted by Gasteiger charge is -2.16. The Hall–Kier alpha value is -2.98. The van der Waals surface area contributed by atoms with E-state index in [9.17, 15) is 24.9 Å². The average molecular weight is 418 g/mol. The molecule has 0 aliphatic rings. The Morgan fingerprint density at radius 3 is 2.37 bits per heavy atom. The highest BCUT2D eigenvalue weighted by Gasteiger charge is 2.25. The summed E-state index contributed by atoms with van der Waals surface area (Å²) < 4.78 is 9.74. The van der Waals surface area contributed by atoms with Gasteiger partial charge in [0.25, 0.3) is 0 Å². The number of aromatic amines is 1. The molecule has 162 valence electrons. The van der Waals surface area contributed by atoms with Gasteiger partial charge in [-0.1, -0.05) is 12.1 Å². The van der Waals surface area contributed by atoms with Crippen molar-refractivity contribution in [2.45, 2.75) is 33.3 Å². The first-order chi connectivity index (χ1) is 14.5. The highest BCUT2D eigenvalue weighted by molar-refractivity contribution is 5.99. The third-order valence-electron chi connectivity index (χ3n) is 4.67. The maximum Gasteiger partial charge on any atom is 0.355 e. The van der Waals surface area contributed by atoms with Crippen molar-refractivity contribution >= 4 is 18.0 Å². The van der Waals surface area contributed by atoms with Gasteiger partial charge < -0.3 is 35.5 Å². The molecule has 0 radical (unpaired) electrons. The minimum atomic E-state index is -0.636. The SMILES string of the molecule is CCOC(=O)c1[nH]c(CN)c(-c2ccc(CO)c(CO)c2CO)c1/C=C/C(=O)OC. The van der Waals surface area contributed by atoms with Gasteiger partial charge in [-0.25, -0.2) is 9.59 Å². The second-order valence-corrected chi connectivity index (χ2v) is 6.25. The highest BCUT2D eigenvalue weighted by atomic mass is 16.5. The normalized spacial score (nSPS) is 11.1. The van der Waals surface area contributed by atoms with Gasteiger partial charge in [0.15, 0.2) is 0 Å². The zero-order valence-electron chi connectivity index (χ0n) is 16.9. The van der Waals surface area contributed by atoms with E-state index in [1.807, 2.05) is 0 Å². The summed E-state index contributed by atoms with van der Waals surface area (Å²) in [7, 11) is 1.23. The summed E-state index contributed by atoms with van der Waals surface area (Å²) in [6.07, 6.45) is 2.56. The van der Waals surface area contributed by atoms with Crippen LogP contribution in [0.1, 0.15) is 45.4 Å². The van der Waals surface area contributed by atoms with E-state index < -0.39 is 25.2 Å². The van der Waals surface area contributed by atoms with Gasteiger partial charge in [0.05, 0.1) is 33.5 Å². The molecule has 0 amide bonds. The van der Waals surface area contributed by atoms with Crippen molar-refractivity contribution in [3.05, 3.63) is 51.9 Å². The molecule has 30 heavy (non-hydrogen) atoms. The number of aliphatic hydroxyl groups is 3. The molecule has 1 aromatic heterocycles. The molecule has 1 heterocycles. The van der Waals surface area contributed by atoms with Gasteiger partial charge in [0.1, 0.15) is 5.69 Å². The number of carbonyl (C=O) groups is 2. The number of hydrogen-bond donors (Lipinski definition) is 5. The Morgan fingerprint density at radius 2 is 1.83 bits per heavy atom. The first-order valence-corrected chi connectivity index (χ1v) is 9.31. The Kier molecular flexibility index (Phi) is 8.31. The van der Waals surface area contributed by atoms with Crippen LogP contribution in [-0.4, -0.2) is 46.0 Å². The van der Waals surface area contributed by atoms with E-state index in [0.717, 1.165) is 6.08 Å². The van der Waals surface area contributed by atoms with Gasteiger partial charge in [-0.15, -0.1) is 0 Å². The molecule has 2 rings (SSSR count). The molecule has 0 aliphatic carbocycles. The first kappa shape index (κ1) is 23.3. The van der Waals surface area contributed by atoms with Crippen LogP contribution in [0.15, 0.2) is 18.2 Å². The van der Waals surface area contributed by atoms with E-state index in [0.29, 0.717) is 39.1 Å². The van der Waals surface area contributed by atoms with Crippen LogP contribution in [0.25, 0.3) is 17.2 Å². The lowest BCUT2D eigenvalue weighted by Crippen LogP contribution is -2.07. The van der Waals surface area contributed by atoms with Gasteiger partial charge in [-0.2, -0.15) is 0 Å². The molecular weight excluding hydrogens is 392 g/mol. The number of benzene rings is 1. The predicted octanol–water partition coefficient (Wildman–Crippen LogP) is 0.980. The van der Waals surface area contributed by atoms with E-state index in [1.165, 1.54) is 13.2 Å². The zero-order chi connectivity index (χ0) is 22.3. The number of aliphatic hydroxyl groups excluding tert-OH is 3. The molecule has 2 aromatic rings. The Morgan fingerprint density at radius 1 is 1.13 bits per heavy atom. The number of methoxy groups -OCH3 is 1. The van der Waals surface area contributed by atoms with Crippen LogP contribution in [0, 0.1) is 0 Å². The van der Waals surface area contributed by atoms with Crippen LogP contribution in [0.2, 0.25) is 0 Å². The monoisotopic (exact) mass is 418 g/mol. The highest BCUT2D eigenvalue weighted by Crippen LogP contribution is 2.36. The molecule has 0 saturated heterocycles. The summed E-state index contributed by atoms with van der Waals surface area (Å²) in [6.45, 7) is 0.689. The standard InChI is InChI=1S/C21H26N2O7/c1-3-30-21(28)20-14(6-7-18(27)29-2)19(17(8-22)23-20)13-5-4-12(9-24)15(10-25)16(13)11-26/h4-7,23-26H,3,8-11,22H2,1-2H3/b7-6+. The summed E-state index contributed by atoms with van der Waals surface area (Å²) in [5, 5.41) is 29.4. The van der Waals surface area contributed by atoms with E-state index in [-0.39, 0.29) is 25.5 Å². The minimum absolute atomic E-state index is 0.0227. The zero-order valence-corrected chi connectivity index (χ0v) is 16.9. The third kappa shape index (κ3) is 4.60. The van der Waals surface area contributed by atoms with E-state index in [2.05, 4.69) is 9.72 Å². The van der Waals surface area contributed by atoms with E-state index >= 15 is 0 Å². The van der Waals surface area contributed by atoms with Crippen molar-refractivity contribution in [3.63, 3.8) is 0 Å². The molecule has 0 saturated carbocycles. The number of nitrogens with two attached hydrogens (primary N) is 1. The van der Waals surface area contributed by atoms with Crippen LogP contribution >= 0.6 is 0 Å². The van der Waals surface area contributed by atoms with Gasteiger partial charge in [-0.05, 0) is 35.3 Å². The van der Waals surface area contributed by atoms with E-state index in [4.69, 9.17) is 10.5 Å². The number of esters is 2. The van der Waals surface area contributed by atoms with Gasteiger partial charge in [0.2, 0.25) is 0 Å². The Bertz CT molecular complexity index is 947. The molecule has 1 aromatic carbocycles. The van der Waals surface area contributed by atoms with Crippen molar-refractivity contribution in [3.8, 4) is 11.1 Å². The summed E-state index contributed by atoms with van der Waals surface area (Å²) >= 11 is 0. The molecular formula is C21H26N2O7. The number of ether oxygens (including phenoxy) is 2. The molecule has 9 nitrogen and oxygen atoms in total. The maximum absolute atomic E-state index is 12.5. The minimum Gasteiger partial charge on any atom is -0.466 e. The quantitative estimate of drug-likeness (QED) is 0.298. The number of aromatic nitrogens is 1. The largest absolute Gasteiger partial charge is 0.466 e. The Labute approximate surface area is 173 Å².